The van der Waals surface area contributed by atoms with Gasteiger partial charge in [-0.3, -0.25) is 9.89 Å². The van der Waals surface area contributed by atoms with Crippen LogP contribution in [-0.2, 0) is 9.47 Å². The lowest BCUT2D eigenvalue weighted by atomic mass is 9.88. The van der Waals surface area contributed by atoms with E-state index in [-0.39, 0.29) is 30.1 Å². The Morgan fingerprint density at radius 3 is 3.00 bits per heavy atom. The monoisotopic (exact) mass is 508 g/mol. The van der Waals surface area contributed by atoms with Crippen LogP contribution in [0.2, 0.25) is 0 Å². The molecule has 8 heteroatoms. The van der Waals surface area contributed by atoms with E-state index in [0.29, 0.717) is 18.6 Å². The Balaban J connectivity index is 0.00000261. The summed E-state index contributed by atoms with van der Waals surface area (Å²) < 4.78 is 11.0. The first-order valence-corrected chi connectivity index (χ1v) is 10.4. The van der Waals surface area contributed by atoms with Crippen LogP contribution in [0.4, 0.5) is 0 Å². The number of likely N-dealkylation sites (tertiary alicyclic amines) is 1. The summed E-state index contributed by atoms with van der Waals surface area (Å²) in [4.78, 5) is 10.8. The number of hydrogen-bond acceptors (Lipinski definition) is 5. The fourth-order valence-corrected chi connectivity index (χ4v) is 5.12. The normalized spacial score (nSPS) is 27.3. The number of aliphatic imine (C=N–C) groups is 1. The standard InChI is InChI=1S/C19H32N4O2S.HI/c1-20-19(23-9-10-25-16(13-23)14-24-3)21-12-15-6-4-8-22(2)18(15)17-7-5-11-26-17;/h5,7,11,15-16,18H,4,6,8-10,12-14H2,1-3H3,(H,20,21);1H. The molecule has 0 aliphatic carbocycles. The average Bonchev–Trinajstić information content (AvgIpc) is 3.17. The minimum Gasteiger partial charge on any atom is -0.382 e. The van der Waals surface area contributed by atoms with Crippen molar-refractivity contribution in [3.8, 4) is 0 Å². The number of thiophene rings is 1. The van der Waals surface area contributed by atoms with Gasteiger partial charge in [-0.2, -0.15) is 0 Å². The highest BCUT2D eigenvalue weighted by Crippen LogP contribution is 2.36. The van der Waals surface area contributed by atoms with Crippen molar-refractivity contribution in [3.05, 3.63) is 22.4 Å². The molecule has 3 atom stereocenters. The lowest BCUT2D eigenvalue weighted by Crippen LogP contribution is -2.53. The molecule has 2 aliphatic heterocycles. The van der Waals surface area contributed by atoms with E-state index in [2.05, 4.69) is 44.7 Å². The zero-order chi connectivity index (χ0) is 18.4. The highest BCUT2D eigenvalue weighted by molar-refractivity contribution is 14.0. The second-order valence-electron chi connectivity index (χ2n) is 7.17. The maximum Gasteiger partial charge on any atom is 0.193 e. The zero-order valence-electron chi connectivity index (χ0n) is 16.6. The summed E-state index contributed by atoms with van der Waals surface area (Å²) in [6, 6.07) is 4.94. The third kappa shape index (κ3) is 6.03. The Morgan fingerprint density at radius 1 is 1.44 bits per heavy atom. The summed E-state index contributed by atoms with van der Waals surface area (Å²) in [7, 11) is 5.84. The van der Waals surface area contributed by atoms with E-state index in [1.54, 1.807) is 7.11 Å². The molecule has 0 bridgehead atoms. The van der Waals surface area contributed by atoms with E-state index in [1.807, 2.05) is 18.4 Å². The number of piperidine rings is 1. The molecule has 0 aromatic carbocycles. The summed E-state index contributed by atoms with van der Waals surface area (Å²) in [5.74, 6) is 1.58. The molecule has 3 rings (SSSR count). The van der Waals surface area contributed by atoms with Gasteiger partial charge in [-0.25, -0.2) is 0 Å². The molecule has 0 spiro atoms. The van der Waals surface area contributed by atoms with E-state index in [0.717, 1.165) is 32.2 Å². The lowest BCUT2D eigenvalue weighted by Gasteiger charge is -2.40. The summed E-state index contributed by atoms with van der Waals surface area (Å²) in [5.41, 5.74) is 0. The maximum atomic E-state index is 5.76. The molecule has 2 fully saturated rings. The van der Waals surface area contributed by atoms with Crippen molar-refractivity contribution >= 4 is 41.3 Å². The van der Waals surface area contributed by atoms with E-state index < -0.39 is 0 Å². The first-order valence-electron chi connectivity index (χ1n) is 9.52. The highest BCUT2D eigenvalue weighted by atomic mass is 127. The molecule has 0 radical (unpaired) electrons. The summed E-state index contributed by atoms with van der Waals surface area (Å²) in [6.07, 6.45) is 2.63. The SMILES string of the molecule is CN=C(NCC1CCCN(C)C1c1cccs1)N1CCOC(COC)C1.I. The predicted octanol–water partition coefficient (Wildman–Crippen LogP) is 2.67. The summed E-state index contributed by atoms with van der Waals surface area (Å²) in [6.45, 7) is 5.17. The van der Waals surface area contributed by atoms with Crippen LogP contribution in [0.15, 0.2) is 22.5 Å². The number of hydrogen-bond donors (Lipinski definition) is 1. The third-order valence-corrected chi connectivity index (χ3v) is 6.31. The van der Waals surface area contributed by atoms with Gasteiger partial charge in [-0.1, -0.05) is 6.07 Å². The van der Waals surface area contributed by atoms with Crippen molar-refractivity contribution in [1.82, 2.24) is 15.1 Å². The van der Waals surface area contributed by atoms with Gasteiger partial charge in [-0.05, 0) is 43.8 Å². The first-order chi connectivity index (χ1) is 12.7. The molecule has 1 aromatic heterocycles. The largest absolute Gasteiger partial charge is 0.382 e. The van der Waals surface area contributed by atoms with E-state index in [1.165, 1.54) is 24.3 Å². The van der Waals surface area contributed by atoms with E-state index in [9.17, 15) is 0 Å². The topological polar surface area (TPSA) is 49.3 Å². The number of nitrogens with zero attached hydrogens (tertiary/aromatic N) is 3. The van der Waals surface area contributed by atoms with Gasteiger partial charge in [0.25, 0.3) is 0 Å². The van der Waals surface area contributed by atoms with Gasteiger partial charge in [0.2, 0.25) is 0 Å². The van der Waals surface area contributed by atoms with Gasteiger partial charge in [0.1, 0.15) is 0 Å². The molecule has 2 saturated heterocycles. The van der Waals surface area contributed by atoms with Crippen molar-refractivity contribution in [3.63, 3.8) is 0 Å². The van der Waals surface area contributed by atoms with Gasteiger partial charge >= 0.3 is 0 Å². The van der Waals surface area contributed by atoms with Gasteiger partial charge in [0.15, 0.2) is 5.96 Å². The third-order valence-electron chi connectivity index (χ3n) is 5.37. The number of ether oxygens (including phenoxy) is 2. The van der Waals surface area contributed by atoms with Crippen LogP contribution in [0.1, 0.15) is 23.8 Å². The molecular formula is C19H33IN4O2S. The average molecular weight is 508 g/mol. The number of nitrogens with one attached hydrogen (secondary N) is 1. The van der Waals surface area contributed by atoms with Crippen molar-refractivity contribution in [2.75, 3.05) is 60.6 Å². The van der Waals surface area contributed by atoms with Crippen molar-refractivity contribution in [2.24, 2.45) is 10.9 Å². The van der Waals surface area contributed by atoms with Crippen molar-refractivity contribution < 1.29 is 9.47 Å². The predicted molar refractivity (Wildman–Crippen MR) is 122 cm³/mol. The molecule has 27 heavy (non-hydrogen) atoms. The summed E-state index contributed by atoms with van der Waals surface area (Å²) >= 11 is 1.87. The van der Waals surface area contributed by atoms with Gasteiger partial charge in [-0.15, -0.1) is 35.3 Å². The maximum absolute atomic E-state index is 5.76. The number of halogens is 1. The van der Waals surface area contributed by atoms with E-state index in [4.69, 9.17) is 9.47 Å². The molecule has 3 unspecified atom stereocenters. The van der Waals surface area contributed by atoms with Crippen LogP contribution >= 0.6 is 35.3 Å². The molecule has 3 heterocycles. The van der Waals surface area contributed by atoms with Gasteiger partial charge < -0.3 is 19.7 Å². The molecule has 1 N–H and O–H groups in total. The Labute approximate surface area is 184 Å². The Bertz CT molecular complexity index is 570. The van der Waals surface area contributed by atoms with Crippen LogP contribution in [0, 0.1) is 5.92 Å². The number of guanidine groups is 1. The summed E-state index contributed by atoms with van der Waals surface area (Å²) in [5, 5.41) is 5.83. The molecule has 0 amide bonds. The van der Waals surface area contributed by atoms with E-state index >= 15 is 0 Å². The zero-order valence-corrected chi connectivity index (χ0v) is 19.7. The van der Waals surface area contributed by atoms with Gasteiger partial charge in [0, 0.05) is 44.7 Å². The number of rotatable bonds is 5. The fourth-order valence-electron chi connectivity index (χ4n) is 4.14. The quantitative estimate of drug-likeness (QED) is 0.377. The number of morpholine rings is 1. The first kappa shape index (κ1) is 22.9. The molecule has 0 saturated carbocycles. The van der Waals surface area contributed by atoms with Crippen molar-refractivity contribution in [2.45, 2.75) is 25.0 Å². The van der Waals surface area contributed by atoms with Gasteiger partial charge in [0.05, 0.1) is 19.3 Å². The molecule has 2 aliphatic rings. The van der Waals surface area contributed by atoms with Crippen LogP contribution in [0.5, 0.6) is 0 Å². The molecule has 1 aromatic rings. The van der Waals surface area contributed by atoms with Crippen LogP contribution in [-0.4, -0.2) is 82.5 Å². The van der Waals surface area contributed by atoms with Crippen LogP contribution < -0.4 is 5.32 Å². The lowest BCUT2D eigenvalue weighted by molar-refractivity contribution is -0.0448. The smallest absolute Gasteiger partial charge is 0.193 e. The van der Waals surface area contributed by atoms with Crippen LogP contribution in [0.3, 0.4) is 0 Å². The van der Waals surface area contributed by atoms with Crippen molar-refractivity contribution in [1.29, 1.82) is 0 Å². The minimum absolute atomic E-state index is 0. The highest BCUT2D eigenvalue weighted by Gasteiger charge is 2.32. The molecule has 154 valence electrons. The van der Waals surface area contributed by atoms with Crippen LogP contribution in [0.25, 0.3) is 0 Å². The molecular weight excluding hydrogens is 475 g/mol. The number of methoxy groups -OCH3 is 1. The Hall–Kier alpha value is -0.420. The second kappa shape index (κ2) is 11.5. The second-order valence-corrected chi connectivity index (χ2v) is 8.14. The Morgan fingerprint density at radius 2 is 2.30 bits per heavy atom. The fraction of sp³-hybridized carbons (Fsp3) is 0.737. The Kier molecular flexibility index (Phi) is 9.78. The molecule has 6 nitrogen and oxygen atoms in total. The minimum atomic E-state index is 0.